The summed E-state index contributed by atoms with van der Waals surface area (Å²) >= 11 is 0. The number of fused-ring (bicyclic) bond motifs is 1. The van der Waals surface area contributed by atoms with Crippen LogP contribution in [-0.2, 0) is 22.6 Å². The molecule has 1 aromatic rings. The van der Waals surface area contributed by atoms with Crippen molar-refractivity contribution in [3.05, 3.63) is 35.4 Å². The van der Waals surface area contributed by atoms with Gasteiger partial charge in [0.05, 0.1) is 0 Å². The highest BCUT2D eigenvalue weighted by Crippen LogP contribution is 2.40. The minimum Gasteiger partial charge on any atom is -0.480 e. The lowest BCUT2D eigenvalue weighted by Crippen LogP contribution is -2.52. The van der Waals surface area contributed by atoms with E-state index in [9.17, 15) is 14.7 Å². The number of hydrogen-bond acceptors (Lipinski definition) is 2. The van der Waals surface area contributed by atoms with Gasteiger partial charge in [0.25, 0.3) is 0 Å². The van der Waals surface area contributed by atoms with Gasteiger partial charge in [0.2, 0.25) is 5.91 Å². The molecule has 1 aliphatic heterocycles. The number of carboxylic acids is 1. The van der Waals surface area contributed by atoms with E-state index >= 15 is 0 Å². The second-order valence-electron chi connectivity index (χ2n) is 6.53. The molecule has 2 aliphatic rings. The van der Waals surface area contributed by atoms with Crippen LogP contribution in [0.4, 0.5) is 0 Å². The van der Waals surface area contributed by atoms with E-state index in [0.717, 1.165) is 36.8 Å². The SMILES string of the molecule is CC1(C(=O)N2Cc3ccccc3C[C@H]2C(=O)O)CCCC1. The Hall–Kier alpha value is -1.84. The van der Waals surface area contributed by atoms with Crippen molar-refractivity contribution in [2.75, 3.05) is 0 Å². The lowest BCUT2D eigenvalue weighted by molar-refractivity contribution is -0.156. The number of nitrogens with zero attached hydrogens (tertiary/aromatic N) is 1. The molecule has 1 fully saturated rings. The highest BCUT2D eigenvalue weighted by atomic mass is 16.4. The number of carboxylic acid groups (broad SMARTS) is 1. The van der Waals surface area contributed by atoms with Crippen LogP contribution in [0.5, 0.6) is 0 Å². The number of amides is 1. The van der Waals surface area contributed by atoms with Crippen LogP contribution in [0.2, 0.25) is 0 Å². The molecule has 0 saturated heterocycles. The van der Waals surface area contributed by atoms with Gasteiger partial charge in [-0.3, -0.25) is 4.79 Å². The van der Waals surface area contributed by atoms with Crippen LogP contribution in [0.25, 0.3) is 0 Å². The topological polar surface area (TPSA) is 57.6 Å². The molecule has 1 N–H and O–H groups in total. The summed E-state index contributed by atoms with van der Waals surface area (Å²) in [6, 6.07) is 7.09. The lowest BCUT2D eigenvalue weighted by atomic mass is 9.84. The summed E-state index contributed by atoms with van der Waals surface area (Å²) in [5.41, 5.74) is 1.75. The van der Waals surface area contributed by atoms with Crippen molar-refractivity contribution in [3.63, 3.8) is 0 Å². The Morgan fingerprint density at radius 3 is 2.43 bits per heavy atom. The van der Waals surface area contributed by atoms with Gasteiger partial charge in [-0.25, -0.2) is 4.79 Å². The Kier molecular flexibility index (Phi) is 3.47. The molecule has 0 bridgehead atoms. The number of benzene rings is 1. The fourth-order valence-corrected chi connectivity index (χ4v) is 3.67. The van der Waals surface area contributed by atoms with Gasteiger partial charge in [-0.15, -0.1) is 0 Å². The molecular formula is C17H21NO3. The number of aliphatic carboxylic acids is 1. The summed E-state index contributed by atoms with van der Waals surface area (Å²) in [6.45, 7) is 2.41. The van der Waals surface area contributed by atoms with Crippen molar-refractivity contribution >= 4 is 11.9 Å². The Balaban J connectivity index is 1.92. The Bertz CT molecular complexity index is 575. The first-order valence-electron chi connectivity index (χ1n) is 7.62. The second kappa shape index (κ2) is 5.17. The van der Waals surface area contributed by atoms with E-state index in [1.54, 1.807) is 4.90 Å². The van der Waals surface area contributed by atoms with Gasteiger partial charge >= 0.3 is 5.97 Å². The van der Waals surface area contributed by atoms with Crippen LogP contribution in [0.1, 0.15) is 43.7 Å². The molecule has 1 amide bonds. The summed E-state index contributed by atoms with van der Waals surface area (Å²) in [5.74, 6) is -0.888. The third kappa shape index (κ3) is 2.43. The zero-order valence-electron chi connectivity index (χ0n) is 12.3. The van der Waals surface area contributed by atoms with E-state index in [4.69, 9.17) is 0 Å². The average molecular weight is 287 g/mol. The van der Waals surface area contributed by atoms with E-state index < -0.39 is 12.0 Å². The van der Waals surface area contributed by atoms with Crippen molar-refractivity contribution in [1.29, 1.82) is 0 Å². The van der Waals surface area contributed by atoms with E-state index in [1.165, 1.54) is 0 Å². The molecule has 1 heterocycles. The Morgan fingerprint density at radius 1 is 1.19 bits per heavy atom. The molecule has 4 nitrogen and oxygen atoms in total. The van der Waals surface area contributed by atoms with Gasteiger partial charge in [0, 0.05) is 18.4 Å². The summed E-state index contributed by atoms with van der Waals surface area (Å²) in [7, 11) is 0. The molecule has 0 unspecified atom stereocenters. The van der Waals surface area contributed by atoms with Gasteiger partial charge in [0.15, 0.2) is 0 Å². The number of carbonyl (C=O) groups is 2. The van der Waals surface area contributed by atoms with E-state index in [0.29, 0.717) is 13.0 Å². The molecule has 3 rings (SSSR count). The normalized spacial score (nSPS) is 23.7. The molecule has 0 aromatic heterocycles. The van der Waals surface area contributed by atoms with Crippen molar-refractivity contribution in [1.82, 2.24) is 4.90 Å². The summed E-state index contributed by atoms with van der Waals surface area (Å²) in [4.78, 5) is 26.1. The first-order chi connectivity index (χ1) is 10.0. The van der Waals surface area contributed by atoms with Gasteiger partial charge in [0.1, 0.15) is 6.04 Å². The molecule has 4 heteroatoms. The van der Waals surface area contributed by atoms with Crippen LogP contribution in [0.15, 0.2) is 24.3 Å². The van der Waals surface area contributed by atoms with Crippen molar-refractivity contribution in [2.45, 2.75) is 51.6 Å². The second-order valence-corrected chi connectivity index (χ2v) is 6.53. The zero-order chi connectivity index (χ0) is 15.0. The summed E-state index contributed by atoms with van der Waals surface area (Å²) < 4.78 is 0. The van der Waals surface area contributed by atoms with Crippen LogP contribution >= 0.6 is 0 Å². The summed E-state index contributed by atoms with van der Waals surface area (Å²) in [5, 5.41) is 9.52. The largest absolute Gasteiger partial charge is 0.480 e. The minimum absolute atomic E-state index is 0.0157. The zero-order valence-corrected chi connectivity index (χ0v) is 12.3. The Morgan fingerprint density at radius 2 is 1.81 bits per heavy atom. The minimum atomic E-state index is -0.903. The highest BCUT2D eigenvalue weighted by molar-refractivity contribution is 5.88. The molecule has 0 radical (unpaired) electrons. The van der Waals surface area contributed by atoms with Gasteiger partial charge in [-0.1, -0.05) is 44.0 Å². The quantitative estimate of drug-likeness (QED) is 0.909. The molecule has 1 aliphatic carbocycles. The van der Waals surface area contributed by atoms with Crippen molar-refractivity contribution in [2.24, 2.45) is 5.41 Å². The van der Waals surface area contributed by atoms with Gasteiger partial charge in [-0.05, 0) is 24.0 Å². The number of rotatable bonds is 2. The first-order valence-corrected chi connectivity index (χ1v) is 7.62. The fourth-order valence-electron chi connectivity index (χ4n) is 3.67. The standard InChI is InChI=1S/C17H21NO3/c1-17(8-4-5-9-17)16(21)18-11-13-7-3-2-6-12(13)10-14(18)15(19)20/h2-3,6-7,14H,4-5,8-11H2,1H3,(H,19,20)/t14-/m0/s1. The maximum absolute atomic E-state index is 12.9. The van der Waals surface area contributed by atoms with Crippen molar-refractivity contribution < 1.29 is 14.7 Å². The van der Waals surface area contributed by atoms with Crippen LogP contribution in [-0.4, -0.2) is 27.9 Å². The van der Waals surface area contributed by atoms with Gasteiger partial charge < -0.3 is 10.0 Å². The van der Waals surface area contributed by atoms with Crippen molar-refractivity contribution in [3.8, 4) is 0 Å². The Labute approximate surface area is 124 Å². The number of hydrogen-bond donors (Lipinski definition) is 1. The maximum atomic E-state index is 12.9. The molecule has 21 heavy (non-hydrogen) atoms. The van der Waals surface area contributed by atoms with Crippen LogP contribution < -0.4 is 0 Å². The van der Waals surface area contributed by atoms with Gasteiger partial charge in [-0.2, -0.15) is 0 Å². The molecular weight excluding hydrogens is 266 g/mol. The van der Waals surface area contributed by atoms with Crippen LogP contribution in [0, 0.1) is 5.41 Å². The van der Waals surface area contributed by atoms with E-state index in [2.05, 4.69) is 0 Å². The smallest absolute Gasteiger partial charge is 0.326 e. The third-order valence-corrected chi connectivity index (χ3v) is 5.02. The molecule has 1 atom stereocenters. The monoisotopic (exact) mass is 287 g/mol. The predicted octanol–water partition coefficient (Wildman–Crippen LogP) is 2.60. The maximum Gasteiger partial charge on any atom is 0.326 e. The molecule has 0 spiro atoms. The average Bonchev–Trinajstić information content (AvgIpc) is 2.93. The van der Waals surface area contributed by atoms with E-state index in [-0.39, 0.29) is 11.3 Å². The molecule has 1 saturated carbocycles. The van der Waals surface area contributed by atoms with Crippen LogP contribution in [0.3, 0.4) is 0 Å². The molecule has 112 valence electrons. The highest BCUT2D eigenvalue weighted by Gasteiger charge is 2.44. The first kappa shape index (κ1) is 14.1. The third-order valence-electron chi connectivity index (χ3n) is 5.02. The fraction of sp³-hybridized carbons (Fsp3) is 0.529. The predicted molar refractivity (Wildman–Crippen MR) is 78.7 cm³/mol. The number of carbonyl (C=O) groups excluding carboxylic acids is 1. The van der Waals surface area contributed by atoms with E-state index in [1.807, 2.05) is 31.2 Å². The molecule has 1 aromatic carbocycles. The summed E-state index contributed by atoms with van der Waals surface area (Å²) in [6.07, 6.45) is 4.27. The lowest BCUT2D eigenvalue weighted by Gasteiger charge is -2.39.